The number of hydrogen-bond donors (Lipinski definition) is 1. The number of H-pyrrole nitrogens is 1. The van der Waals surface area contributed by atoms with E-state index in [2.05, 4.69) is 15.0 Å². The van der Waals surface area contributed by atoms with Gasteiger partial charge in [0.25, 0.3) is 5.56 Å². The normalized spacial score (nSPS) is 12.5. The van der Waals surface area contributed by atoms with Gasteiger partial charge in [0, 0.05) is 28.9 Å². The van der Waals surface area contributed by atoms with Crippen molar-refractivity contribution in [2.75, 3.05) is 17.7 Å². The van der Waals surface area contributed by atoms with E-state index in [1.165, 1.54) is 12.7 Å². The van der Waals surface area contributed by atoms with Crippen LogP contribution < -0.4 is 74.5 Å². The molecule has 0 aliphatic carbocycles. The molecular formula is C9H11N4Na2O5PS. The number of imidazole rings is 1. The molecule has 9 nitrogen and oxygen atoms in total. The van der Waals surface area contributed by atoms with Crippen molar-refractivity contribution in [3.05, 3.63) is 23.0 Å². The summed E-state index contributed by atoms with van der Waals surface area (Å²) in [5, 5.41) is 0. The molecule has 0 aromatic carbocycles. The van der Waals surface area contributed by atoms with Crippen LogP contribution in [0.3, 0.4) is 0 Å². The van der Waals surface area contributed by atoms with Gasteiger partial charge < -0.3 is 23.9 Å². The fourth-order valence-electron chi connectivity index (χ4n) is 1.57. The van der Waals surface area contributed by atoms with Crippen molar-refractivity contribution < 1.29 is 77.7 Å². The van der Waals surface area contributed by atoms with Gasteiger partial charge in [0.2, 0.25) is 0 Å². The van der Waals surface area contributed by atoms with Crippen LogP contribution in [0.1, 0.15) is 0 Å². The molecule has 0 bridgehead atoms. The van der Waals surface area contributed by atoms with Crippen molar-refractivity contribution in [3.63, 3.8) is 0 Å². The molecule has 1 N–H and O–H groups in total. The molecule has 0 aliphatic rings. The van der Waals surface area contributed by atoms with Gasteiger partial charge >= 0.3 is 59.1 Å². The van der Waals surface area contributed by atoms with E-state index < -0.39 is 24.6 Å². The summed E-state index contributed by atoms with van der Waals surface area (Å²) >= 11 is 0. The van der Waals surface area contributed by atoms with Crippen LogP contribution in [0.4, 0.5) is 0 Å². The maximum atomic E-state index is 11.6. The van der Waals surface area contributed by atoms with Crippen molar-refractivity contribution in [1.82, 2.24) is 19.5 Å². The number of hydrogen-bond acceptors (Lipinski definition) is 7. The van der Waals surface area contributed by atoms with E-state index in [1.54, 1.807) is 4.57 Å². The first-order valence-electron chi connectivity index (χ1n) is 5.61. The molecule has 0 aliphatic heterocycles. The van der Waals surface area contributed by atoms with Crippen molar-refractivity contribution in [2.45, 2.75) is 6.54 Å². The van der Waals surface area contributed by atoms with E-state index in [1.807, 2.05) is 0 Å². The van der Waals surface area contributed by atoms with E-state index in [4.69, 9.17) is 0 Å². The molecule has 1 unspecified atom stereocenters. The van der Waals surface area contributed by atoms with Crippen molar-refractivity contribution in [1.29, 1.82) is 0 Å². The first-order valence-corrected chi connectivity index (χ1v) is 8.83. The topological polar surface area (TPSA) is 144 Å². The summed E-state index contributed by atoms with van der Waals surface area (Å²) in [5.41, 5.74) is 0.180. The van der Waals surface area contributed by atoms with Crippen LogP contribution in [-0.2, 0) is 21.9 Å². The predicted octanol–water partition coefficient (Wildman–Crippen LogP) is -8.21. The summed E-state index contributed by atoms with van der Waals surface area (Å²) in [4.78, 5) is 42.6. The Balaban J connectivity index is 0.00000220. The number of nitrogens with zero attached hydrogens (tertiary/aromatic N) is 3. The molecule has 0 amide bonds. The smallest absolute Gasteiger partial charge is 0.811 e. The predicted molar refractivity (Wildman–Crippen MR) is 68.5 cm³/mol. The Kier molecular flexibility index (Phi) is 10.1. The van der Waals surface area contributed by atoms with Crippen molar-refractivity contribution in [2.24, 2.45) is 0 Å². The van der Waals surface area contributed by atoms with E-state index in [9.17, 15) is 23.4 Å². The van der Waals surface area contributed by atoms with Gasteiger partial charge in [-0.15, -0.1) is 0 Å². The summed E-state index contributed by atoms with van der Waals surface area (Å²) < 4.78 is 23.6. The quantitative estimate of drug-likeness (QED) is 0.396. The van der Waals surface area contributed by atoms with Gasteiger partial charge in [0.05, 0.1) is 12.7 Å². The van der Waals surface area contributed by atoms with Gasteiger partial charge in [0.1, 0.15) is 0 Å². The average Bonchev–Trinajstić information content (AvgIpc) is 2.78. The van der Waals surface area contributed by atoms with Gasteiger partial charge in [0.15, 0.2) is 11.2 Å². The Bertz CT molecular complexity index is 745. The minimum atomic E-state index is -4.62. The largest absolute Gasteiger partial charge is 1.00 e. The minimum absolute atomic E-state index is 0. The Morgan fingerprint density at radius 3 is 2.59 bits per heavy atom. The second kappa shape index (κ2) is 9.83. The second-order valence-corrected chi connectivity index (χ2v) is 7.39. The van der Waals surface area contributed by atoms with Crippen LogP contribution in [0, 0.1) is 0 Å². The minimum Gasteiger partial charge on any atom is -0.811 e. The van der Waals surface area contributed by atoms with Gasteiger partial charge in [-0.05, 0) is 6.16 Å². The molecule has 2 rings (SSSR count). The third-order valence-corrected chi connectivity index (χ3v) is 4.93. The first kappa shape index (κ1) is 22.6. The molecule has 0 spiro atoms. The summed E-state index contributed by atoms with van der Waals surface area (Å²) in [6.07, 6.45) is 2.02. The third-order valence-electron chi connectivity index (χ3n) is 2.56. The number of aryl methyl sites for hydroxylation is 1. The number of aromatic nitrogens is 4. The van der Waals surface area contributed by atoms with E-state index in [-0.39, 0.29) is 88.2 Å². The van der Waals surface area contributed by atoms with Gasteiger partial charge in [-0.2, -0.15) is 0 Å². The van der Waals surface area contributed by atoms with Crippen LogP contribution in [0.15, 0.2) is 17.4 Å². The maximum absolute atomic E-state index is 11.6. The molecule has 0 radical (unpaired) electrons. The molecule has 13 heteroatoms. The molecule has 2 aromatic heterocycles. The number of nitrogens with one attached hydrogen (secondary N) is 1. The van der Waals surface area contributed by atoms with Crippen LogP contribution in [0.2, 0.25) is 0 Å². The number of rotatable bonds is 6. The summed E-state index contributed by atoms with van der Waals surface area (Å²) in [7, 11) is -6.05. The van der Waals surface area contributed by atoms with Crippen molar-refractivity contribution >= 4 is 29.6 Å². The standard InChI is InChI=1S/C9H13N4O5PS.2Na/c14-9-7-8(10-5-11-9)13(6-12-7)1-3-20(18)4-2-19(15,16)17;;/h5-6H,1-4H2,(H,10,11,14)(H2,15,16,17);;/q;2*+1/p-2. The summed E-state index contributed by atoms with van der Waals surface area (Å²) in [5.74, 6) is -0.0368. The fraction of sp³-hybridized carbons (Fsp3) is 0.444. The molecule has 2 heterocycles. The molecule has 110 valence electrons. The van der Waals surface area contributed by atoms with Crippen LogP contribution >= 0.6 is 7.60 Å². The average molecular weight is 364 g/mol. The monoisotopic (exact) mass is 364 g/mol. The van der Waals surface area contributed by atoms with Gasteiger partial charge in [-0.1, -0.05) is 7.60 Å². The Morgan fingerprint density at radius 1 is 1.27 bits per heavy atom. The SMILES string of the molecule is O=c1[nH]cnc2c1ncn2CCS(=O)CCP(=O)([O-])[O-].[Na+].[Na+]. The Hall–Kier alpha value is 0.650. The summed E-state index contributed by atoms with van der Waals surface area (Å²) in [6, 6.07) is 0. The summed E-state index contributed by atoms with van der Waals surface area (Å²) in [6.45, 7) is 0.265. The maximum Gasteiger partial charge on any atom is 1.00 e. The molecule has 0 saturated carbocycles. The van der Waals surface area contributed by atoms with E-state index >= 15 is 0 Å². The number of fused-ring (bicyclic) bond motifs is 1. The number of aromatic amines is 1. The molecule has 0 saturated heterocycles. The molecule has 0 fully saturated rings. The van der Waals surface area contributed by atoms with E-state index in [0.717, 1.165) is 0 Å². The fourth-order valence-corrected chi connectivity index (χ4v) is 3.88. The zero-order valence-electron chi connectivity index (χ0n) is 12.2. The van der Waals surface area contributed by atoms with Crippen LogP contribution in [0.5, 0.6) is 0 Å². The molecular weight excluding hydrogens is 353 g/mol. The van der Waals surface area contributed by atoms with Crippen LogP contribution in [0.25, 0.3) is 11.2 Å². The van der Waals surface area contributed by atoms with Crippen molar-refractivity contribution in [3.8, 4) is 0 Å². The Morgan fingerprint density at radius 2 is 1.95 bits per heavy atom. The first-order chi connectivity index (χ1) is 9.37. The zero-order chi connectivity index (χ0) is 14.8. The zero-order valence-corrected chi connectivity index (χ0v) is 17.9. The van der Waals surface area contributed by atoms with Crippen LogP contribution in [-0.4, -0.2) is 41.4 Å². The molecule has 1 atom stereocenters. The second-order valence-electron chi connectivity index (χ2n) is 4.02. The Labute approximate surface area is 172 Å². The molecule has 2 aromatic rings. The molecule has 22 heavy (non-hydrogen) atoms. The van der Waals surface area contributed by atoms with Gasteiger partial charge in [-0.25, -0.2) is 9.97 Å². The van der Waals surface area contributed by atoms with Gasteiger partial charge in [-0.3, -0.25) is 9.00 Å². The third kappa shape index (κ3) is 6.64. The van der Waals surface area contributed by atoms with E-state index in [0.29, 0.717) is 5.65 Å².